The molecular weight excluding hydrogens is 286 g/mol. The highest BCUT2D eigenvalue weighted by Gasteiger charge is 2.21. The SMILES string of the molecule is Cc1cnc2c(S(=O)(=O)NCC3CCCN3)cccc2c1. The molecule has 1 fully saturated rings. The molecule has 1 aromatic heterocycles. The summed E-state index contributed by atoms with van der Waals surface area (Å²) in [7, 11) is -3.54. The quantitative estimate of drug-likeness (QED) is 0.899. The van der Waals surface area contributed by atoms with Crippen molar-refractivity contribution in [3.63, 3.8) is 0 Å². The minimum atomic E-state index is -3.54. The Balaban J connectivity index is 1.91. The summed E-state index contributed by atoms with van der Waals surface area (Å²) in [6, 6.07) is 7.41. The van der Waals surface area contributed by atoms with Gasteiger partial charge < -0.3 is 5.32 Å². The van der Waals surface area contributed by atoms with Gasteiger partial charge in [-0.15, -0.1) is 0 Å². The summed E-state index contributed by atoms with van der Waals surface area (Å²) in [6.07, 6.45) is 3.80. The first-order valence-electron chi connectivity index (χ1n) is 7.15. The fourth-order valence-electron chi connectivity index (χ4n) is 2.68. The minimum absolute atomic E-state index is 0.227. The molecule has 6 heteroatoms. The van der Waals surface area contributed by atoms with Crippen LogP contribution in [0.15, 0.2) is 35.4 Å². The maximum atomic E-state index is 12.5. The normalized spacial score (nSPS) is 19.2. The van der Waals surface area contributed by atoms with Crippen molar-refractivity contribution in [3.8, 4) is 0 Å². The van der Waals surface area contributed by atoms with Crippen LogP contribution in [0.4, 0.5) is 0 Å². The number of aromatic nitrogens is 1. The molecule has 0 spiro atoms. The van der Waals surface area contributed by atoms with Gasteiger partial charge in [-0.3, -0.25) is 4.98 Å². The standard InChI is InChI=1S/C15H19N3O2S/c1-11-8-12-4-2-6-14(15(12)17-9-11)21(19,20)18-10-13-5-3-7-16-13/h2,4,6,8-9,13,16,18H,3,5,7,10H2,1H3. The Morgan fingerprint density at radius 3 is 3.05 bits per heavy atom. The Hall–Kier alpha value is -1.50. The highest BCUT2D eigenvalue weighted by molar-refractivity contribution is 7.89. The van der Waals surface area contributed by atoms with Crippen LogP contribution in [0.2, 0.25) is 0 Å². The maximum absolute atomic E-state index is 12.5. The van der Waals surface area contributed by atoms with Crippen LogP contribution in [-0.2, 0) is 10.0 Å². The summed E-state index contributed by atoms with van der Waals surface area (Å²) < 4.78 is 27.7. The van der Waals surface area contributed by atoms with E-state index in [0.717, 1.165) is 30.3 Å². The molecule has 0 aliphatic carbocycles. The second-order valence-corrected chi connectivity index (χ2v) is 7.22. The number of para-hydroxylation sites is 1. The lowest BCUT2D eigenvalue weighted by Crippen LogP contribution is -2.37. The van der Waals surface area contributed by atoms with E-state index in [4.69, 9.17) is 0 Å². The zero-order valence-electron chi connectivity index (χ0n) is 12.0. The molecule has 1 saturated heterocycles. The molecule has 1 aromatic carbocycles. The Morgan fingerprint density at radius 2 is 2.29 bits per heavy atom. The lowest BCUT2D eigenvalue weighted by Gasteiger charge is -2.13. The summed E-state index contributed by atoms with van der Waals surface area (Å²) in [5.41, 5.74) is 1.54. The van der Waals surface area contributed by atoms with Crippen LogP contribution in [0.25, 0.3) is 10.9 Å². The number of hydrogen-bond donors (Lipinski definition) is 2. The molecule has 3 rings (SSSR count). The molecule has 5 nitrogen and oxygen atoms in total. The van der Waals surface area contributed by atoms with Gasteiger partial charge in [-0.05, 0) is 44.0 Å². The van der Waals surface area contributed by atoms with E-state index in [9.17, 15) is 8.42 Å². The van der Waals surface area contributed by atoms with Gasteiger partial charge in [-0.2, -0.15) is 0 Å². The van der Waals surface area contributed by atoms with Gasteiger partial charge in [-0.1, -0.05) is 12.1 Å². The number of aryl methyl sites for hydroxylation is 1. The molecule has 2 aromatic rings. The number of pyridine rings is 1. The van der Waals surface area contributed by atoms with Gasteiger partial charge in [0.1, 0.15) is 4.90 Å². The van der Waals surface area contributed by atoms with E-state index >= 15 is 0 Å². The van der Waals surface area contributed by atoms with E-state index in [0.29, 0.717) is 12.1 Å². The van der Waals surface area contributed by atoms with Crippen molar-refractivity contribution in [2.24, 2.45) is 0 Å². The second-order valence-electron chi connectivity index (χ2n) is 5.49. The maximum Gasteiger partial charge on any atom is 0.242 e. The summed E-state index contributed by atoms with van der Waals surface area (Å²) in [5.74, 6) is 0. The van der Waals surface area contributed by atoms with Crippen molar-refractivity contribution in [2.45, 2.75) is 30.7 Å². The van der Waals surface area contributed by atoms with Crippen molar-refractivity contribution in [1.29, 1.82) is 0 Å². The molecular formula is C15H19N3O2S. The lowest BCUT2D eigenvalue weighted by molar-refractivity contribution is 0.552. The number of rotatable bonds is 4. The molecule has 1 unspecified atom stereocenters. The third kappa shape index (κ3) is 3.07. The van der Waals surface area contributed by atoms with Crippen molar-refractivity contribution in [1.82, 2.24) is 15.0 Å². The van der Waals surface area contributed by atoms with Crippen LogP contribution < -0.4 is 10.0 Å². The lowest BCUT2D eigenvalue weighted by atomic mass is 10.2. The third-order valence-corrected chi connectivity index (χ3v) is 5.24. The summed E-state index contributed by atoms with van der Waals surface area (Å²) in [5, 5.41) is 4.13. The third-order valence-electron chi connectivity index (χ3n) is 3.78. The van der Waals surface area contributed by atoms with Gasteiger partial charge in [-0.25, -0.2) is 13.1 Å². The zero-order chi connectivity index (χ0) is 14.9. The summed E-state index contributed by atoms with van der Waals surface area (Å²) >= 11 is 0. The van der Waals surface area contributed by atoms with Crippen LogP contribution in [0.5, 0.6) is 0 Å². The fourth-order valence-corrected chi connectivity index (χ4v) is 3.94. The number of benzene rings is 1. The topological polar surface area (TPSA) is 71.1 Å². The van der Waals surface area contributed by atoms with Crippen molar-refractivity contribution < 1.29 is 8.42 Å². The van der Waals surface area contributed by atoms with Crippen molar-refractivity contribution in [2.75, 3.05) is 13.1 Å². The highest BCUT2D eigenvalue weighted by atomic mass is 32.2. The Bertz CT molecular complexity index is 753. The molecule has 1 aliphatic heterocycles. The molecule has 1 aliphatic rings. The first-order valence-corrected chi connectivity index (χ1v) is 8.63. The van der Waals surface area contributed by atoms with Crippen molar-refractivity contribution in [3.05, 3.63) is 36.0 Å². The van der Waals surface area contributed by atoms with E-state index in [1.165, 1.54) is 0 Å². The average molecular weight is 305 g/mol. The van der Waals surface area contributed by atoms with E-state index in [-0.39, 0.29) is 10.9 Å². The van der Waals surface area contributed by atoms with Crippen molar-refractivity contribution >= 4 is 20.9 Å². The molecule has 112 valence electrons. The molecule has 0 saturated carbocycles. The van der Waals surface area contributed by atoms with Gasteiger partial charge in [0, 0.05) is 24.2 Å². The molecule has 2 heterocycles. The molecule has 0 radical (unpaired) electrons. The van der Waals surface area contributed by atoms with E-state index in [1.54, 1.807) is 18.3 Å². The van der Waals surface area contributed by atoms with Gasteiger partial charge in [0.25, 0.3) is 0 Å². The van der Waals surface area contributed by atoms with E-state index in [2.05, 4.69) is 15.0 Å². The monoisotopic (exact) mass is 305 g/mol. The van der Waals surface area contributed by atoms with Crippen LogP contribution in [0, 0.1) is 6.92 Å². The Kier molecular flexibility index (Phi) is 3.93. The number of nitrogens with zero attached hydrogens (tertiary/aromatic N) is 1. The van der Waals surface area contributed by atoms with Gasteiger partial charge in [0.15, 0.2) is 0 Å². The summed E-state index contributed by atoms with van der Waals surface area (Å²) in [6.45, 7) is 3.32. The predicted octanol–water partition coefficient (Wildman–Crippen LogP) is 1.57. The number of hydrogen-bond acceptors (Lipinski definition) is 4. The average Bonchev–Trinajstić information content (AvgIpc) is 2.97. The first-order chi connectivity index (χ1) is 10.1. The van der Waals surface area contributed by atoms with Gasteiger partial charge >= 0.3 is 0 Å². The smallest absolute Gasteiger partial charge is 0.242 e. The van der Waals surface area contributed by atoms with E-state index in [1.807, 2.05) is 19.1 Å². The number of nitrogens with one attached hydrogen (secondary N) is 2. The first kappa shape index (κ1) is 14.4. The predicted molar refractivity (Wildman–Crippen MR) is 82.7 cm³/mol. The van der Waals surface area contributed by atoms with Gasteiger partial charge in [0.2, 0.25) is 10.0 Å². The molecule has 1 atom stereocenters. The van der Waals surface area contributed by atoms with Gasteiger partial charge in [0.05, 0.1) is 5.52 Å². The number of fused-ring (bicyclic) bond motifs is 1. The number of sulfonamides is 1. The van der Waals surface area contributed by atoms with Crippen LogP contribution >= 0.6 is 0 Å². The molecule has 0 bridgehead atoms. The van der Waals surface area contributed by atoms with E-state index < -0.39 is 10.0 Å². The largest absolute Gasteiger partial charge is 0.313 e. The van der Waals surface area contributed by atoms with Crippen LogP contribution in [-0.4, -0.2) is 32.5 Å². The molecule has 2 N–H and O–H groups in total. The fraction of sp³-hybridized carbons (Fsp3) is 0.400. The Labute approximate surface area is 124 Å². The Morgan fingerprint density at radius 1 is 1.43 bits per heavy atom. The zero-order valence-corrected chi connectivity index (χ0v) is 12.8. The second kappa shape index (κ2) is 5.71. The van der Waals surface area contributed by atoms with Crippen LogP contribution in [0.1, 0.15) is 18.4 Å². The highest BCUT2D eigenvalue weighted by Crippen LogP contribution is 2.21. The van der Waals surface area contributed by atoms with Crippen LogP contribution in [0.3, 0.4) is 0 Å². The molecule has 0 amide bonds. The summed E-state index contributed by atoms with van der Waals surface area (Å²) in [4.78, 5) is 4.54. The minimum Gasteiger partial charge on any atom is -0.313 e. The molecule has 21 heavy (non-hydrogen) atoms.